The van der Waals surface area contributed by atoms with Crippen LogP contribution in [0.5, 0.6) is 0 Å². The summed E-state index contributed by atoms with van der Waals surface area (Å²) >= 11 is 0.436. The number of alkyl halides is 5. The van der Waals surface area contributed by atoms with E-state index in [0.29, 0.717) is 20.5 Å². The molecule has 0 unspecified atom stereocenters. The van der Waals surface area contributed by atoms with Crippen LogP contribution in [0.4, 0.5) is 22.0 Å². The summed E-state index contributed by atoms with van der Waals surface area (Å²) in [6, 6.07) is 0. The molecule has 3 rings (SSSR count). The van der Waals surface area contributed by atoms with Crippen molar-refractivity contribution in [1.29, 1.82) is 0 Å². The summed E-state index contributed by atoms with van der Waals surface area (Å²) in [6.45, 7) is 0.814. The molecule has 7 nitrogen and oxygen atoms in total. The summed E-state index contributed by atoms with van der Waals surface area (Å²) in [5.41, 5.74) is -2.94. The molecule has 1 N–H and O–H groups in total. The summed E-state index contributed by atoms with van der Waals surface area (Å²) in [4.78, 5) is 39.1. The fourth-order valence-electron chi connectivity index (χ4n) is 3.72. The molecule has 1 amide bonds. The second-order valence-electron chi connectivity index (χ2n) is 7.61. The normalized spacial score (nSPS) is 15.8. The van der Waals surface area contributed by atoms with Crippen LogP contribution in [-0.4, -0.2) is 50.4 Å². The van der Waals surface area contributed by atoms with E-state index in [0.717, 1.165) is 0 Å². The first-order valence-electron chi connectivity index (χ1n) is 10.1. The number of carbonyl (C=O) groups is 1. The zero-order chi connectivity index (χ0) is 23.8. The number of aryl methyl sites for hydroxylation is 1. The Balaban J connectivity index is 2.25. The van der Waals surface area contributed by atoms with Crippen molar-refractivity contribution >= 4 is 27.5 Å². The fraction of sp³-hybridized carbons (Fsp3) is 0.632. The molecular formula is C19H22F5N3O4S. The monoisotopic (exact) mass is 483 g/mol. The number of nitrogens with zero attached hydrogens (tertiary/aromatic N) is 3. The predicted molar refractivity (Wildman–Crippen MR) is 107 cm³/mol. The topological polar surface area (TPSA) is 84.5 Å². The molecule has 178 valence electrons. The van der Waals surface area contributed by atoms with E-state index < -0.39 is 64.7 Å². The second kappa shape index (κ2) is 9.30. The highest BCUT2D eigenvalue weighted by molar-refractivity contribution is 7.20. The van der Waals surface area contributed by atoms with Gasteiger partial charge in [-0.15, -0.1) is 11.3 Å². The molecule has 0 saturated carbocycles. The van der Waals surface area contributed by atoms with Gasteiger partial charge in [0.25, 0.3) is 17.9 Å². The first kappa shape index (κ1) is 24.4. The summed E-state index contributed by atoms with van der Waals surface area (Å²) in [6.07, 6.45) is -9.12. The number of hydrogen-bond acceptors (Lipinski definition) is 5. The van der Waals surface area contributed by atoms with Gasteiger partial charge in [0.1, 0.15) is 9.71 Å². The molecule has 1 fully saturated rings. The first-order chi connectivity index (χ1) is 15.0. The maximum atomic E-state index is 14.1. The number of halogens is 5. The van der Waals surface area contributed by atoms with Crippen LogP contribution in [0, 0.1) is 0 Å². The number of aliphatic hydroxyl groups is 1. The van der Waals surface area contributed by atoms with Crippen LogP contribution in [0.3, 0.4) is 0 Å². The molecule has 0 radical (unpaired) electrons. The van der Waals surface area contributed by atoms with E-state index in [-0.39, 0.29) is 43.7 Å². The third-order valence-corrected chi connectivity index (χ3v) is 6.54. The standard InChI is InChI=1S/C19H22F5N3O4S/c1-2-6-26-15(29)12-11(14(20)21)13(16(30)25-7-3-10(28)4-8-25)32-17(12)27(18(26)31)9-5-19(22,23)24/h10,14,28H,2-9H2,1H3. The average molecular weight is 483 g/mol. The third-order valence-electron chi connectivity index (χ3n) is 5.32. The molecule has 1 aliphatic rings. The lowest BCUT2D eigenvalue weighted by atomic mass is 10.1. The lowest BCUT2D eigenvalue weighted by molar-refractivity contribution is -0.136. The molecule has 0 spiro atoms. The van der Waals surface area contributed by atoms with E-state index in [9.17, 15) is 41.4 Å². The van der Waals surface area contributed by atoms with Crippen molar-refractivity contribution in [2.45, 2.75) is 64.4 Å². The largest absolute Gasteiger partial charge is 0.393 e. The zero-order valence-corrected chi connectivity index (χ0v) is 17.9. The van der Waals surface area contributed by atoms with Crippen molar-refractivity contribution in [2.75, 3.05) is 13.1 Å². The predicted octanol–water partition coefficient (Wildman–Crippen LogP) is 3.12. The van der Waals surface area contributed by atoms with E-state index >= 15 is 0 Å². The zero-order valence-electron chi connectivity index (χ0n) is 17.1. The minimum atomic E-state index is -4.62. The molecule has 32 heavy (non-hydrogen) atoms. The van der Waals surface area contributed by atoms with E-state index in [1.54, 1.807) is 6.92 Å². The first-order valence-corrected chi connectivity index (χ1v) is 10.9. The van der Waals surface area contributed by atoms with Crippen LogP contribution < -0.4 is 11.2 Å². The smallest absolute Gasteiger partial charge is 0.390 e. The number of aliphatic hydroxyl groups excluding tert-OH is 1. The van der Waals surface area contributed by atoms with Crippen molar-refractivity contribution in [3.8, 4) is 0 Å². The van der Waals surface area contributed by atoms with Gasteiger partial charge in [-0.1, -0.05) is 6.92 Å². The van der Waals surface area contributed by atoms with Gasteiger partial charge in [0.15, 0.2) is 0 Å². The van der Waals surface area contributed by atoms with Crippen LogP contribution in [0.15, 0.2) is 9.59 Å². The van der Waals surface area contributed by atoms with Crippen LogP contribution >= 0.6 is 11.3 Å². The Kier molecular flexibility index (Phi) is 7.08. The van der Waals surface area contributed by atoms with Crippen LogP contribution in [0.1, 0.15) is 54.3 Å². The van der Waals surface area contributed by atoms with Crippen molar-refractivity contribution in [1.82, 2.24) is 14.0 Å². The third kappa shape index (κ3) is 4.72. The Hall–Kier alpha value is -2.28. The average Bonchev–Trinajstić information content (AvgIpc) is 3.11. The molecule has 0 aliphatic carbocycles. The number of likely N-dealkylation sites (tertiary alicyclic amines) is 1. The van der Waals surface area contributed by atoms with Gasteiger partial charge < -0.3 is 10.0 Å². The molecule has 2 aromatic heterocycles. The number of fused-ring (bicyclic) bond motifs is 1. The van der Waals surface area contributed by atoms with Crippen LogP contribution in [0.2, 0.25) is 0 Å². The summed E-state index contributed by atoms with van der Waals surface area (Å²) in [7, 11) is 0. The molecule has 0 aromatic carbocycles. The Morgan fingerprint density at radius 3 is 2.31 bits per heavy atom. The van der Waals surface area contributed by atoms with Crippen molar-refractivity contribution < 1.29 is 31.9 Å². The van der Waals surface area contributed by atoms with E-state index in [1.165, 1.54) is 4.90 Å². The minimum Gasteiger partial charge on any atom is -0.393 e. The van der Waals surface area contributed by atoms with Crippen LogP contribution in [-0.2, 0) is 13.1 Å². The molecule has 0 bridgehead atoms. The highest BCUT2D eigenvalue weighted by Gasteiger charge is 2.34. The lowest BCUT2D eigenvalue weighted by Crippen LogP contribution is -2.40. The van der Waals surface area contributed by atoms with Gasteiger partial charge in [-0.25, -0.2) is 13.6 Å². The highest BCUT2D eigenvalue weighted by atomic mass is 32.1. The Bertz CT molecular complexity index is 1110. The number of amides is 1. The van der Waals surface area contributed by atoms with E-state index in [2.05, 4.69) is 0 Å². The maximum Gasteiger partial charge on any atom is 0.390 e. The van der Waals surface area contributed by atoms with Gasteiger partial charge in [0.2, 0.25) is 0 Å². The SMILES string of the molecule is CCCn1c(=O)c2c(C(F)F)c(C(=O)N3CCC(O)CC3)sc2n(CCC(F)(F)F)c1=O. The van der Waals surface area contributed by atoms with E-state index in [4.69, 9.17) is 0 Å². The summed E-state index contributed by atoms with van der Waals surface area (Å²) in [5, 5.41) is 9.02. The van der Waals surface area contributed by atoms with Crippen molar-refractivity contribution in [3.63, 3.8) is 0 Å². The molecule has 1 saturated heterocycles. The number of rotatable bonds is 6. The van der Waals surface area contributed by atoms with Gasteiger partial charge in [0.05, 0.1) is 23.5 Å². The lowest BCUT2D eigenvalue weighted by Gasteiger charge is -2.29. The second-order valence-corrected chi connectivity index (χ2v) is 8.60. The number of aromatic nitrogens is 2. The Morgan fingerprint density at radius 2 is 1.78 bits per heavy atom. The number of carbonyl (C=O) groups excluding carboxylic acids is 1. The maximum absolute atomic E-state index is 14.1. The highest BCUT2D eigenvalue weighted by Crippen LogP contribution is 2.37. The number of piperidine rings is 1. The van der Waals surface area contributed by atoms with Gasteiger partial charge in [-0.2, -0.15) is 13.2 Å². The molecule has 0 atom stereocenters. The summed E-state index contributed by atoms with van der Waals surface area (Å²) in [5.74, 6) is -0.801. The summed E-state index contributed by atoms with van der Waals surface area (Å²) < 4.78 is 67.9. The molecular weight excluding hydrogens is 461 g/mol. The molecule has 2 aromatic rings. The van der Waals surface area contributed by atoms with Crippen LogP contribution in [0.25, 0.3) is 10.2 Å². The fourth-order valence-corrected chi connectivity index (χ4v) is 5.01. The quantitative estimate of drug-likeness (QED) is 0.640. The van der Waals surface area contributed by atoms with Gasteiger partial charge in [-0.3, -0.25) is 18.7 Å². The molecule has 13 heteroatoms. The Labute approximate surface area is 182 Å². The number of thiophene rings is 1. The minimum absolute atomic E-state index is 0.109. The van der Waals surface area contributed by atoms with Crippen molar-refractivity contribution in [3.05, 3.63) is 31.3 Å². The van der Waals surface area contributed by atoms with Crippen molar-refractivity contribution in [2.24, 2.45) is 0 Å². The molecule has 1 aliphatic heterocycles. The number of hydrogen-bond donors (Lipinski definition) is 1. The van der Waals surface area contributed by atoms with Gasteiger partial charge in [-0.05, 0) is 19.3 Å². The van der Waals surface area contributed by atoms with Gasteiger partial charge >= 0.3 is 11.9 Å². The van der Waals surface area contributed by atoms with E-state index in [1.807, 2.05) is 0 Å². The molecule has 3 heterocycles. The van der Waals surface area contributed by atoms with Gasteiger partial charge in [0, 0.05) is 26.2 Å². The Morgan fingerprint density at radius 1 is 1.16 bits per heavy atom.